The highest BCUT2D eigenvalue weighted by atomic mass is 16.8. The first-order valence-corrected chi connectivity index (χ1v) is 4.64. The van der Waals surface area contributed by atoms with Gasteiger partial charge in [-0.3, -0.25) is 0 Å². The molecule has 0 saturated carbocycles. The van der Waals surface area contributed by atoms with Crippen molar-refractivity contribution in [3.63, 3.8) is 0 Å². The zero-order valence-electron chi connectivity index (χ0n) is 11.3. The molecule has 98 valence electrons. The summed E-state index contributed by atoms with van der Waals surface area (Å²) in [7, 11) is 0. The summed E-state index contributed by atoms with van der Waals surface area (Å²) in [6.07, 6.45) is -3.50. The summed E-state index contributed by atoms with van der Waals surface area (Å²) in [6.45, 7) is 10.9. The van der Waals surface area contributed by atoms with Gasteiger partial charge in [0.1, 0.15) is 0 Å². The third kappa shape index (κ3) is 985. The molecule has 0 unspecified atom stereocenters. The van der Waals surface area contributed by atoms with Gasteiger partial charge in [0.2, 0.25) is 0 Å². The molecule has 0 saturated heterocycles. The van der Waals surface area contributed by atoms with E-state index in [2.05, 4.69) is 35.5 Å². The molecule has 0 aromatic heterocycles. The first kappa shape index (κ1) is 24.7. The van der Waals surface area contributed by atoms with Crippen LogP contribution in [0.3, 0.4) is 0 Å². The first-order chi connectivity index (χ1) is 7.74. The zero-order chi connectivity index (χ0) is 14.7. The Kier molecular flexibility index (Phi) is 34.8. The summed E-state index contributed by atoms with van der Waals surface area (Å²) in [6, 6.07) is 0. The van der Waals surface area contributed by atoms with E-state index in [0.717, 1.165) is 0 Å². The fourth-order valence-electron chi connectivity index (χ4n) is 0. The standard InChI is InChI=1S/3C4H6.CH4O4/c3*1-3-4-2;2-1(3,4)5/h3*1-2H3;2-5H. The van der Waals surface area contributed by atoms with E-state index < -0.39 is 6.16 Å². The average Bonchev–Trinajstić information content (AvgIpc) is 2.27. The van der Waals surface area contributed by atoms with Crippen LogP contribution in [0.2, 0.25) is 0 Å². The Balaban J connectivity index is -0.0000000667. The summed E-state index contributed by atoms with van der Waals surface area (Å²) >= 11 is 0. The van der Waals surface area contributed by atoms with Crippen molar-refractivity contribution in [3.05, 3.63) is 0 Å². The van der Waals surface area contributed by atoms with Crippen molar-refractivity contribution in [3.8, 4) is 35.5 Å². The summed E-state index contributed by atoms with van der Waals surface area (Å²) in [5.74, 6) is 16.1. The minimum absolute atomic E-state index is 1.82. The van der Waals surface area contributed by atoms with E-state index in [0.29, 0.717) is 0 Å². The Bertz CT molecular complexity index is 227. The van der Waals surface area contributed by atoms with Crippen LogP contribution < -0.4 is 0 Å². The fraction of sp³-hybridized carbons (Fsp3) is 0.538. The SMILES string of the molecule is CC#CC.CC#CC.CC#CC.OC(O)(O)O. The van der Waals surface area contributed by atoms with E-state index in [1.165, 1.54) is 0 Å². The predicted molar refractivity (Wildman–Crippen MR) is 69.0 cm³/mol. The first-order valence-electron chi connectivity index (χ1n) is 4.64. The molecule has 0 aliphatic heterocycles. The molecule has 0 aromatic carbocycles. The van der Waals surface area contributed by atoms with Crippen molar-refractivity contribution < 1.29 is 20.4 Å². The van der Waals surface area contributed by atoms with E-state index >= 15 is 0 Å². The Labute approximate surface area is 104 Å². The van der Waals surface area contributed by atoms with Crippen LogP contribution in [0.25, 0.3) is 0 Å². The summed E-state index contributed by atoms with van der Waals surface area (Å²) in [5.41, 5.74) is 0. The molecule has 0 aliphatic carbocycles. The molecule has 4 nitrogen and oxygen atoms in total. The lowest BCUT2D eigenvalue weighted by Gasteiger charge is -1.99. The second-order valence-corrected chi connectivity index (χ2v) is 2.10. The minimum Gasteiger partial charge on any atom is -0.319 e. The van der Waals surface area contributed by atoms with Gasteiger partial charge in [0.25, 0.3) is 0 Å². The normalized spacial score (nSPS) is 6.00. The quantitative estimate of drug-likeness (QED) is 0.371. The molecule has 4 heteroatoms. The van der Waals surface area contributed by atoms with Gasteiger partial charge >= 0.3 is 6.16 Å². The number of rotatable bonds is 0. The van der Waals surface area contributed by atoms with Gasteiger partial charge in [0.05, 0.1) is 0 Å². The van der Waals surface area contributed by atoms with Crippen molar-refractivity contribution in [1.82, 2.24) is 0 Å². The van der Waals surface area contributed by atoms with Crippen LogP contribution in [0, 0.1) is 35.5 Å². The lowest BCUT2D eigenvalue weighted by Crippen LogP contribution is -2.25. The number of hydrogen-bond donors (Lipinski definition) is 4. The Morgan fingerprint density at radius 1 is 0.471 bits per heavy atom. The Morgan fingerprint density at radius 3 is 0.529 bits per heavy atom. The molecule has 0 fully saturated rings. The molecule has 0 atom stereocenters. The van der Waals surface area contributed by atoms with Crippen molar-refractivity contribution in [1.29, 1.82) is 0 Å². The van der Waals surface area contributed by atoms with Crippen LogP contribution in [0.15, 0.2) is 0 Å². The maximum atomic E-state index is 7.19. The molecule has 4 N–H and O–H groups in total. The van der Waals surface area contributed by atoms with Gasteiger partial charge in [0.15, 0.2) is 0 Å². The van der Waals surface area contributed by atoms with Crippen LogP contribution in [-0.4, -0.2) is 26.6 Å². The van der Waals surface area contributed by atoms with Crippen molar-refractivity contribution in [2.45, 2.75) is 47.7 Å². The largest absolute Gasteiger partial charge is 0.402 e. The van der Waals surface area contributed by atoms with Gasteiger partial charge in [0, 0.05) is 0 Å². The molecule has 0 heterocycles. The zero-order valence-corrected chi connectivity index (χ0v) is 11.3. The molecule has 0 radical (unpaired) electrons. The molecule has 0 spiro atoms. The van der Waals surface area contributed by atoms with Crippen LogP contribution in [-0.2, 0) is 0 Å². The molecule has 17 heavy (non-hydrogen) atoms. The van der Waals surface area contributed by atoms with Gasteiger partial charge in [-0.25, -0.2) is 0 Å². The van der Waals surface area contributed by atoms with Gasteiger partial charge in [-0.05, 0) is 41.5 Å². The maximum Gasteiger partial charge on any atom is 0.402 e. The molecule has 0 bridgehead atoms. The summed E-state index contributed by atoms with van der Waals surface area (Å²) < 4.78 is 0. The predicted octanol–water partition coefficient (Wildman–Crippen LogP) is 0.656. The van der Waals surface area contributed by atoms with E-state index in [1.807, 2.05) is 41.5 Å². The molecule has 0 aliphatic rings. The average molecular weight is 242 g/mol. The second kappa shape index (κ2) is 24.0. The van der Waals surface area contributed by atoms with Crippen LogP contribution >= 0.6 is 0 Å². The Hall–Kier alpha value is -1.48. The van der Waals surface area contributed by atoms with Crippen molar-refractivity contribution in [2.24, 2.45) is 0 Å². The monoisotopic (exact) mass is 242 g/mol. The smallest absolute Gasteiger partial charge is 0.319 e. The van der Waals surface area contributed by atoms with E-state index in [4.69, 9.17) is 20.4 Å². The molecular weight excluding hydrogens is 220 g/mol. The Morgan fingerprint density at radius 2 is 0.529 bits per heavy atom. The highest BCUT2D eigenvalue weighted by Crippen LogP contribution is 1.75. The second-order valence-electron chi connectivity index (χ2n) is 2.10. The van der Waals surface area contributed by atoms with Crippen LogP contribution in [0.5, 0.6) is 0 Å². The molecule has 0 rings (SSSR count). The van der Waals surface area contributed by atoms with Crippen LogP contribution in [0.4, 0.5) is 0 Å². The van der Waals surface area contributed by atoms with Gasteiger partial charge in [-0.15, -0.1) is 35.5 Å². The third-order valence-electron chi connectivity index (χ3n) is 0.750. The maximum absolute atomic E-state index is 7.19. The van der Waals surface area contributed by atoms with Gasteiger partial charge in [-0.2, -0.15) is 0 Å². The van der Waals surface area contributed by atoms with Crippen molar-refractivity contribution >= 4 is 0 Å². The lowest BCUT2D eigenvalue weighted by molar-refractivity contribution is -0.436. The summed E-state index contributed by atoms with van der Waals surface area (Å²) in [4.78, 5) is 0. The highest BCUT2D eigenvalue weighted by Gasteiger charge is 2.07. The van der Waals surface area contributed by atoms with E-state index in [-0.39, 0.29) is 0 Å². The third-order valence-corrected chi connectivity index (χ3v) is 0.750. The van der Waals surface area contributed by atoms with E-state index in [9.17, 15) is 0 Å². The summed E-state index contributed by atoms with van der Waals surface area (Å²) in [5, 5.41) is 28.8. The topological polar surface area (TPSA) is 80.9 Å². The minimum atomic E-state index is -3.50. The molecular formula is C13H22O4. The number of aliphatic hydroxyl groups is 4. The van der Waals surface area contributed by atoms with Crippen LogP contribution in [0.1, 0.15) is 41.5 Å². The fourth-order valence-corrected chi connectivity index (χ4v) is 0. The van der Waals surface area contributed by atoms with Gasteiger partial charge in [-0.1, -0.05) is 0 Å². The van der Waals surface area contributed by atoms with Crippen molar-refractivity contribution in [2.75, 3.05) is 0 Å². The van der Waals surface area contributed by atoms with Gasteiger partial charge < -0.3 is 20.4 Å². The molecule has 0 amide bonds. The highest BCUT2D eigenvalue weighted by molar-refractivity contribution is 4.89. The molecule has 0 aromatic rings. The lowest BCUT2D eigenvalue weighted by atomic mass is 10.7. The van der Waals surface area contributed by atoms with E-state index in [1.54, 1.807) is 0 Å². The number of hydrogen-bond acceptors (Lipinski definition) is 4.